The van der Waals surface area contributed by atoms with E-state index in [0.717, 1.165) is 25.9 Å². The van der Waals surface area contributed by atoms with Crippen LogP contribution in [0.2, 0.25) is 0 Å². The number of nitro groups is 1. The van der Waals surface area contributed by atoms with Crippen molar-refractivity contribution in [3.05, 3.63) is 22.2 Å². The van der Waals surface area contributed by atoms with Gasteiger partial charge in [0, 0.05) is 19.7 Å². The molecule has 1 aromatic heterocycles. The molecule has 0 radical (unpaired) electrons. The molecule has 0 atom stereocenters. The third-order valence-corrected chi connectivity index (χ3v) is 3.35. The summed E-state index contributed by atoms with van der Waals surface area (Å²) < 4.78 is 0. The average Bonchev–Trinajstić information content (AvgIpc) is 2.46. The number of nitrogens with zero attached hydrogens (tertiary/aromatic N) is 3. The van der Waals surface area contributed by atoms with Crippen LogP contribution in [-0.4, -0.2) is 34.7 Å². The lowest BCUT2D eigenvalue weighted by molar-refractivity contribution is -0.384. The fraction of sp³-hybridized carbons (Fsp3) is 0.545. The summed E-state index contributed by atoms with van der Waals surface area (Å²) in [4.78, 5) is 16.6. The number of pyridine rings is 1. The first-order valence-electron chi connectivity index (χ1n) is 6.13. The van der Waals surface area contributed by atoms with Gasteiger partial charge in [-0.2, -0.15) is 0 Å². The molecule has 104 valence electrons. The zero-order chi connectivity index (χ0) is 13.8. The number of anilines is 2. The van der Waals surface area contributed by atoms with Crippen LogP contribution in [-0.2, 0) is 0 Å². The third kappa shape index (κ3) is 3.09. The summed E-state index contributed by atoms with van der Waals surface area (Å²) in [6.45, 7) is 1.64. The highest BCUT2D eigenvalue weighted by atomic mass is 16.6. The van der Waals surface area contributed by atoms with Gasteiger partial charge in [-0.1, -0.05) is 0 Å². The molecule has 0 unspecified atom stereocenters. The highest BCUT2D eigenvalue weighted by Gasteiger charge is 2.21. The number of aliphatic hydroxyl groups excluding tert-OH is 1. The van der Waals surface area contributed by atoms with E-state index in [1.807, 2.05) is 4.90 Å². The van der Waals surface area contributed by atoms with Gasteiger partial charge in [0.2, 0.25) is 0 Å². The van der Waals surface area contributed by atoms with E-state index in [1.54, 1.807) is 0 Å². The molecule has 2 heterocycles. The van der Waals surface area contributed by atoms with E-state index in [1.165, 1.54) is 12.1 Å². The second kappa shape index (κ2) is 5.81. The predicted molar refractivity (Wildman–Crippen MR) is 70.7 cm³/mol. The van der Waals surface area contributed by atoms with E-state index in [-0.39, 0.29) is 18.1 Å². The number of nitrogen functional groups attached to an aromatic ring is 1. The number of hydrogen-bond acceptors (Lipinski definition) is 7. The number of aromatic nitrogens is 1. The molecule has 0 saturated carbocycles. The summed E-state index contributed by atoms with van der Waals surface area (Å²) in [5.41, 5.74) is 2.30. The van der Waals surface area contributed by atoms with Crippen molar-refractivity contribution in [2.24, 2.45) is 11.8 Å². The van der Waals surface area contributed by atoms with E-state index >= 15 is 0 Å². The molecule has 19 heavy (non-hydrogen) atoms. The van der Waals surface area contributed by atoms with Crippen molar-refractivity contribution < 1.29 is 10.0 Å². The van der Waals surface area contributed by atoms with Crippen LogP contribution in [0.15, 0.2) is 12.1 Å². The lowest BCUT2D eigenvalue weighted by atomic mass is 9.98. The maximum Gasteiger partial charge on any atom is 0.276 e. The van der Waals surface area contributed by atoms with E-state index in [4.69, 9.17) is 10.9 Å². The van der Waals surface area contributed by atoms with Crippen molar-refractivity contribution in [3.63, 3.8) is 0 Å². The average molecular weight is 267 g/mol. The Morgan fingerprint density at radius 2 is 2.21 bits per heavy atom. The Hall–Kier alpha value is -1.93. The Bertz CT molecular complexity index is 460. The lowest BCUT2D eigenvalue weighted by Gasteiger charge is -2.31. The van der Waals surface area contributed by atoms with E-state index in [0.29, 0.717) is 11.7 Å². The number of nitrogens with two attached hydrogens (primary N) is 1. The second-order valence-corrected chi connectivity index (χ2v) is 4.58. The van der Waals surface area contributed by atoms with Gasteiger partial charge in [0.25, 0.3) is 5.69 Å². The van der Waals surface area contributed by atoms with Crippen molar-refractivity contribution in [1.29, 1.82) is 0 Å². The van der Waals surface area contributed by atoms with E-state index in [9.17, 15) is 10.1 Å². The molecule has 1 aliphatic rings. The van der Waals surface area contributed by atoms with Crippen LogP contribution in [0.25, 0.3) is 0 Å². The van der Waals surface area contributed by atoms with Crippen LogP contribution in [0.1, 0.15) is 12.8 Å². The van der Waals surface area contributed by atoms with Crippen LogP contribution < -0.4 is 16.2 Å². The SMILES string of the molecule is NNc1cc([N+](=O)[O-])cc(N2CCC(CO)CC2)n1. The highest BCUT2D eigenvalue weighted by Crippen LogP contribution is 2.26. The number of hydrogen-bond donors (Lipinski definition) is 3. The summed E-state index contributed by atoms with van der Waals surface area (Å²) in [7, 11) is 0. The maximum atomic E-state index is 10.9. The molecule has 1 aliphatic heterocycles. The zero-order valence-corrected chi connectivity index (χ0v) is 10.5. The van der Waals surface area contributed by atoms with Crippen molar-refractivity contribution >= 4 is 17.3 Å². The zero-order valence-electron chi connectivity index (χ0n) is 10.5. The fourth-order valence-electron chi connectivity index (χ4n) is 2.19. The van der Waals surface area contributed by atoms with Crippen LogP contribution in [0.5, 0.6) is 0 Å². The summed E-state index contributed by atoms with van der Waals surface area (Å²) in [5, 5.41) is 20.0. The van der Waals surface area contributed by atoms with Gasteiger partial charge in [-0.3, -0.25) is 10.1 Å². The Morgan fingerprint density at radius 1 is 1.53 bits per heavy atom. The molecule has 4 N–H and O–H groups in total. The number of hydrazine groups is 1. The second-order valence-electron chi connectivity index (χ2n) is 4.58. The van der Waals surface area contributed by atoms with Crippen LogP contribution >= 0.6 is 0 Å². The van der Waals surface area contributed by atoms with Crippen molar-refractivity contribution in [3.8, 4) is 0 Å². The van der Waals surface area contributed by atoms with Crippen molar-refractivity contribution in [2.75, 3.05) is 30.0 Å². The Kier molecular flexibility index (Phi) is 4.13. The summed E-state index contributed by atoms with van der Waals surface area (Å²) in [5.74, 6) is 6.39. The molecular weight excluding hydrogens is 250 g/mol. The summed E-state index contributed by atoms with van der Waals surface area (Å²) in [6, 6.07) is 2.74. The van der Waals surface area contributed by atoms with Crippen molar-refractivity contribution in [2.45, 2.75) is 12.8 Å². The standard InChI is InChI=1S/C11H17N5O3/c12-14-10-5-9(16(18)19)6-11(13-10)15-3-1-8(7-17)2-4-15/h5-6,8,17H,1-4,7,12H2,(H,13,14). The molecule has 0 spiro atoms. The van der Waals surface area contributed by atoms with Gasteiger partial charge >= 0.3 is 0 Å². The first-order valence-corrected chi connectivity index (χ1v) is 6.13. The molecular formula is C11H17N5O3. The Morgan fingerprint density at radius 3 is 2.74 bits per heavy atom. The largest absolute Gasteiger partial charge is 0.396 e. The van der Waals surface area contributed by atoms with Gasteiger partial charge in [-0.15, -0.1) is 0 Å². The molecule has 0 aliphatic carbocycles. The minimum Gasteiger partial charge on any atom is -0.396 e. The fourth-order valence-corrected chi connectivity index (χ4v) is 2.19. The van der Waals surface area contributed by atoms with Gasteiger partial charge in [-0.25, -0.2) is 10.8 Å². The van der Waals surface area contributed by atoms with Gasteiger partial charge in [-0.05, 0) is 18.8 Å². The molecule has 1 fully saturated rings. The number of aliphatic hydroxyl groups is 1. The predicted octanol–water partition coefficient (Wildman–Crippen LogP) is 0.484. The quantitative estimate of drug-likeness (QED) is 0.412. The molecule has 1 saturated heterocycles. The van der Waals surface area contributed by atoms with Gasteiger partial charge < -0.3 is 15.4 Å². The van der Waals surface area contributed by atoms with Crippen LogP contribution in [0.3, 0.4) is 0 Å². The van der Waals surface area contributed by atoms with Gasteiger partial charge in [0.1, 0.15) is 11.6 Å². The first-order chi connectivity index (χ1) is 9.13. The van der Waals surface area contributed by atoms with Crippen LogP contribution in [0.4, 0.5) is 17.3 Å². The Labute approximate surface area is 110 Å². The smallest absolute Gasteiger partial charge is 0.276 e. The third-order valence-electron chi connectivity index (χ3n) is 3.35. The molecule has 0 amide bonds. The number of rotatable bonds is 4. The first kappa shape index (κ1) is 13.5. The minimum atomic E-state index is -0.466. The lowest BCUT2D eigenvalue weighted by Crippen LogP contribution is -2.35. The maximum absolute atomic E-state index is 10.9. The number of piperidine rings is 1. The molecule has 2 rings (SSSR count). The van der Waals surface area contributed by atoms with Gasteiger partial charge in [0.05, 0.1) is 17.1 Å². The minimum absolute atomic E-state index is 0.0396. The monoisotopic (exact) mass is 267 g/mol. The molecule has 0 aromatic carbocycles. The van der Waals surface area contributed by atoms with Crippen molar-refractivity contribution in [1.82, 2.24) is 4.98 Å². The van der Waals surface area contributed by atoms with Gasteiger partial charge in [0.15, 0.2) is 0 Å². The van der Waals surface area contributed by atoms with E-state index in [2.05, 4.69) is 10.4 Å². The molecule has 1 aromatic rings. The van der Waals surface area contributed by atoms with E-state index < -0.39 is 4.92 Å². The topological polar surface area (TPSA) is 118 Å². The normalized spacial score (nSPS) is 16.4. The van der Waals surface area contributed by atoms with Crippen LogP contribution in [0, 0.1) is 16.0 Å². The molecule has 0 bridgehead atoms. The number of nitrogens with one attached hydrogen (secondary N) is 1. The molecule has 8 heteroatoms. The summed E-state index contributed by atoms with van der Waals surface area (Å²) >= 11 is 0. The Balaban J connectivity index is 2.20. The summed E-state index contributed by atoms with van der Waals surface area (Å²) in [6.07, 6.45) is 1.71. The highest BCUT2D eigenvalue weighted by molar-refractivity contribution is 5.55. The molecule has 8 nitrogen and oxygen atoms in total.